The quantitative estimate of drug-likeness (QED) is 0.750. The van der Waals surface area contributed by atoms with Crippen LogP contribution in [0.25, 0.3) is 0 Å². The van der Waals surface area contributed by atoms with Crippen LogP contribution in [0.2, 0.25) is 0 Å². The van der Waals surface area contributed by atoms with E-state index >= 15 is 0 Å². The van der Waals surface area contributed by atoms with Gasteiger partial charge in [0.05, 0.1) is 0 Å². The minimum atomic E-state index is 0.0756. The van der Waals surface area contributed by atoms with Gasteiger partial charge in [0, 0.05) is 31.5 Å². The van der Waals surface area contributed by atoms with Crippen molar-refractivity contribution in [1.82, 2.24) is 10.3 Å². The number of aromatic nitrogens is 1. The number of hydrogen-bond donors (Lipinski definition) is 3. The van der Waals surface area contributed by atoms with Crippen LogP contribution in [-0.2, 0) is 6.54 Å². The Morgan fingerprint density at radius 2 is 1.91 bits per heavy atom. The minimum absolute atomic E-state index is 0.0756. The zero-order valence-corrected chi connectivity index (χ0v) is 13.6. The van der Waals surface area contributed by atoms with E-state index in [1.165, 1.54) is 18.5 Å². The summed E-state index contributed by atoms with van der Waals surface area (Å²) >= 11 is 5.23. The Hall–Kier alpha value is -2.34. The molecule has 3 rings (SSSR count). The van der Waals surface area contributed by atoms with Crippen molar-refractivity contribution >= 4 is 28.8 Å². The Balaban J connectivity index is 1.51. The predicted octanol–water partition coefficient (Wildman–Crippen LogP) is 2.87. The Morgan fingerprint density at radius 3 is 2.61 bits per heavy atom. The summed E-state index contributed by atoms with van der Waals surface area (Å²) in [6.07, 6.45) is 4.16. The summed E-state index contributed by atoms with van der Waals surface area (Å²) in [6, 6.07) is 11.8. The van der Waals surface area contributed by atoms with E-state index in [1.807, 2.05) is 0 Å². The zero-order chi connectivity index (χ0) is 16.1. The lowest BCUT2D eigenvalue weighted by Crippen LogP contribution is -2.28. The fourth-order valence-corrected chi connectivity index (χ4v) is 2.80. The molecule has 1 aliphatic heterocycles. The molecule has 0 atom stereocenters. The van der Waals surface area contributed by atoms with Gasteiger partial charge in [-0.25, -0.2) is 4.98 Å². The molecule has 0 spiro atoms. The highest BCUT2D eigenvalue weighted by molar-refractivity contribution is 7.80. The number of nitrogens with one attached hydrogen (secondary N) is 2. The maximum atomic E-state index is 9.66. The molecule has 120 valence electrons. The van der Waals surface area contributed by atoms with Crippen molar-refractivity contribution in [2.45, 2.75) is 19.4 Å². The first-order chi connectivity index (χ1) is 11.2. The van der Waals surface area contributed by atoms with Crippen molar-refractivity contribution in [2.24, 2.45) is 0 Å². The second-order valence-corrected chi connectivity index (χ2v) is 5.95. The number of thiocarbonyl (C=S) groups is 1. The smallest absolute Gasteiger partial charge is 0.174 e. The van der Waals surface area contributed by atoms with Gasteiger partial charge in [-0.15, -0.1) is 0 Å². The number of anilines is 2. The molecule has 1 aromatic heterocycles. The third-order valence-corrected chi connectivity index (χ3v) is 4.13. The molecule has 0 amide bonds. The fourth-order valence-electron chi connectivity index (χ4n) is 2.63. The lowest BCUT2D eigenvalue weighted by molar-refractivity contribution is 0.475. The second kappa shape index (κ2) is 7.28. The summed E-state index contributed by atoms with van der Waals surface area (Å²) in [5.74, 6) is 0.431. The van der Waals surface area contributed by atoms with Gasteiger partial charge in [0.15, 0.2) is 16.7 Å². The van der Waals surface area contributed by atoms with Crippen LogP contribution < -0.4 is 15.5 Å². The number of rotatable bonds is 4. The molecule has 0 aliphatic carbocycles. The van der Waals surface area contributed by atoms with Crippen LogP contribution in [0, 0.1) is 0 Å². The van der Waals surface area contributed by atoms with E-state index < -0.39 is 0 Å². The Labute approximate surface area is 141 Å². The highest BCUT2D eigenvalue weighted by Gasteiger charge is 2.11. The molecule has 2 aromatic rings. The van der Waals surface area contributed by atoms with Crippen LogP contribution in [0.4, 0.5) is 11.5 Å². The highest BCUT2D eigenvalue weighted by Crippen LogP contribution is 2.20. The highest BCUT2D eigenvalue weighted by atomic mass is 32.1. The van der Waals surface area contributed by atoms with Crippen molar-refractivity contribution in [2.75, 3.05) is 23.3 Å². The maximum Gasteiger partial charge on any atom is 0.174 e. The van der Waals surface area contributed by atoms with Crippen LogP contribution in [-0.4, -0.2) is 28.3 Å². The van der Waals surface area contributed by atoms with Crippen LogP contribution >= 0.6 is 12.2 Å². The molecular weight excluding hydrogens is 308 g/mol. The molecule has 5 nitrogen and oxygen atoms in total. The van der Waals surface area contributed by atoms with E-state index in [0.29, 0.717) is 17.5 Å². The van der Waals surface area contributed by atoms with Gasteiger partial charge in [-0.1, -0.05) is 12.1 Å². The van der Waals surface area contributed by atoms with Gasteiger partial charge >= 0.3 is 0 Å². The van der Waals surface area contributed by atoms with E-state index in [2.05, 4.69) is 44.8 Å². The first-order valence-corrected chi connectivity index (χ1v) is 8.16. The van der Waals surface area contributed by atoms with Gasteiger partial charge in [0.1, 0.15) is 0 Å². The molecule has 0 bridgehead atoms. The molecule has 1 saturated heterocycles. The number of aromatic hydroxyl groups is 1. The Morgan fingerprint density at radius 1 is 1.17 bits per heavy atom. The summed E-state index contributed by atoms with van der Waals surface area (Å²) < 4.78 is 0. The van der Waals surface area contributed by atoms with Crippen molar-refractivity contribution in [3.8, 4) is 5.75 Å². The minimum Gasteiger partial charge on any atom is -0.504 e. The summed E-state index contributed by atoms with van der Waals surface area (Å²) in [4.78, 5) is 6.44. The van der Waals surface area contributed by atoms with Crippen LogP contribution in [0.5, 0.6) is 5.75 Å². The normalized spacial score (nSPS) is 13.8. The average molecular weight is 328 g/mol. The van der Waals surface area contributed by atoms with Gasteiger partial charge in [-0.3, -0.25) is 0 Å². The average Bonchev–Trinajstić information content (AvgIpc) is 3.10. The molecule has 0 unspecified atom stereocenters. The lowest BCUT2D eigenvalue weighted by atomic mass is 10.2. The van der Waals surface area contributed by atoms with Gasteiger partial charge in [0.2, 0.25) is 0 Å². The van der Waals surface area contributed by atoms with E-state index in [1.54, 1.807) is 18.3 Å². The first-order valence-electron chi connectivity index (χ1n) is 7.75. The van der Waals surface area contributed by atoms with Gasteiger partial charge in [-0.05, 0) is 54.9 Å². The standard InChI is InChI=1S/C17H20N4OS/c22-15-4-3-9-18-16(15)20-17(23)19-12-13-5-7-14(8-6-13)21-10-1-2-11-21/h3-9,22H,1-2,10-12H2,(H2,18,19,20,23). The second-order valence-electron chi connectivity index (χ2n) is 5.54. The number of hydrogen-bond acceptors (Lipinski definition) is 4. The van der Waals surface area contributed by atoms with E-state index in [-0.39, 0.29) is 5.75 Å². The van der Waals surface area contributed by atoms with Crippen LogP contribution in [0.3, 0.4) is 0 Å². The number of benzene rings is 1. The molecule has 1 aliphatic rings. The third-order valence-electron chi connectivity index (χ3n) is 3.88. The zero-order valence-electron chi connectivity index (χ0n) is 12.8. The van der Waals surface area contributed by atoms with Crippen molar-refractivity contribution in [3.05, 3.63) is 48.2 Å². The SMILES string of the molecule is Oc1cccnc1NC(=S)NCc1ccc(N2CCCC2)cc1. The van der Waals surface area contributed by atoms with Gasteiger partial charge in [-0.2, -0.15) is 0 Å². The lowest BCUT2D eigenvalue weighted by Gasteiger charge is -2.18. The summed E-state index contributed by atoms with van der Waals surface area (Å²) in [6.45, 7) is 2.93. The molecular formula is C17H20N4OS. The summed E-state index contributed by atoms with van der Waals surface area (Å²) in [5.41, 5.74) is 2.44. The van der Waals surface area contributed by atoms with Crippen LogP contribution in [0.1, 0.15) is 18.4 Å². The van der Waals surface area contributed by atoms with Crippen molar-refractivity contribution < 1.29 is 5.11 Å². The molecule has 6 heteroatoms. The summed E-state index contributed by atoms with van der Waals surface area (Å²) in [5, 5.41) is 16.1. The molecule has 3 N–H and O–H groups in total. The number of pyridine rings is 1. The monoisotopic (exact) mass is 328 g/mol. The fraction of sp³-hybridized carbons (Fsp3) is 0.294. The molecule has 1 aromatic carbocycles. The molecule has 1 fully saturated rings. The van der Waals surface area contributed by atoms with E-state index in [9.17, 15) is 5.11 Å². The third kappa shape index (κ3) is 4.10. The van der Waals surface area contributed by atoms with Crippen molar-refractivity contribution in [3.63, 3.8) is 0 Å². The Bertz CT molecular complexity index is 669. The summed E-state index contributed by atoms with van der Waals surface area (Å²) in [7, 11) is 0. The number of nitrogens with zero attached hydrogens (tertiary/aromatic N) is 2. The van der Waals surface area contributed by atoms with E-state index in [4.69, 9.17) is 12.2 Å². The van der Waals surface area contributed by atoms with Gasteiger partial charge < -0.3 is 20.6 Å². The molecule has 0 radical (unpaired) electrons. The topological polar surface area (TPSA) is 60.4 Å². The Kier molecular flexibility index (Phi) is 4.92. The molecule has 2 heterocycles. The first kappa shape index (κ1) is 15.6. The molecule has 0 saturated carbocycles. The maximum absolute atomic E-state index is 9.66. The molecule has 23 heavy (non-hydrogen) atoms. The van der Waals surface area contributed by atoms with Crippen LogP contribution in [0.15, 0.2) is 42.6 Å². The van der Waals surface area contributed by atoms with E-state index in [0.717, 1.165) is 18.7 Å². The van der Waals surface area contributed by atoms with Gasteiger partial charge in [0.25, 0.3) is 0 Å². The predicted molar refractivity (Wildman–Crippen MR) is 96.9 cm³/mol. The largest absolute Gasteiger partial charge is 0.504 e. The van der Waals surface area contributed by atoms with Crippen molar-refractivity contribution in [1.29, 1.82) is 0 Å².